The van der Waals surface area contributed by atoms with E-state index in [-0.39, 0.29) is 23.8 Å². The minimum Gasteiger partial charge on any atom is -0.497 e. The molecular weight excluding hydrogens is 679 g/mol. The van der Waals surface area contributed by atoms with E-state index < -0.39 is 26.4 Å². The van der Waals surface area contributed by atoms with E-state index in [1.165, 1.54) is 11.9 Å². The molecule has 4 heterocycles. The Morgan fingerprint density at radius 2 is 1.80 bits per heavy atom. The maximum Gasteiger partial charge on any atom is 0.232 e. The van der Waals surface area contributed by atoms with E-state index in [9.17, 15) is 8.42 Å². The SMILES string of the molecule is COc1ccc(CN(c2cc(C)n(C3CCCCO3)n2)c2nc(N(C)c3cc(F)c(S(C)(=O)=O)cc3F)nc(-c3cn(C)cn3)c2C2CC2)cc1. The van der Waals surface area contributed by atoms with Crippen molar-refractivity contribution in [1.29, 1.82) is 0 Å². The third kappa shape index (κ3) is 7.04. The second kappa shape index (κ2) is 13.7. The van der Waals surface area contributed by atoms with E-state index in [4.69, 9.17) is 24.5 Å². The van der Waals surface area contributed by atoms with Gasteiger partial charge in [-0.05, 0) is 68.7 Å². The van der Waals surface area contributed by atoms with Crippen LogP contribution in [0.3, 0.4) is 0 Å². The molecule has 1 aliphatic carbocycles. The van der Waals surface area contributed by atoms with Crippen molar-refractivity contribution in [2.75, 3.05) is 36.8 Å². The van der Waals surface area contributed by atoms with Gasteiger partial charge in [-0.15, -0.1) is 0 Å². The lowest BCUT2D eigenvalue weighted by Crippen LogP contribution is -2.24. The fourth-order valence-corrected chi connectivity index (χ4v) is 7.17. The number of aromatic nitrogens is 6. The highest BCUT2D eigenvalue weighted by molar-refractivity contribution is 7.90. The molecule has 0 bridgehead atoms. The van der Waals surface area contributed by atoms with Crippen molar-refractivity contribution >= 4 is 33.1 Å². The Kier molecular flexibility index (Phi) is 9.27. The van der Waals surface area contributed by atoms with Gasteiger partial charge in [0, 0.05) is 56.5 Å². The number of benzene rings is 2. The van der Waals surface area contributed by atoms with Gasteiger partial charge >= 0.3 is 0 Å². The first-order valence-electron chi connectivity index (χ1n) is 16.8. The fraction of sp³-hybridized carbons (Fsp3) is 0.389. The lowest BCUT2D eigenvalue weighted by molar-refractivity contribution is -0.0405. The molecule has 0 radical (unpaired) electrons. The Hall–Kier alpha value is -4.89. The molecule has 51 heavy (non-hydrogen) atoms. The summed E-state index contributed by atoms with van der Waals surface area (Å²) in [6.07, 6.45) is 8.90. The number of halogens is 2. The molecule has 2 aliphatic rings. The molecule has 268 valence electrons. The molecule has 2 fully saturated rings. The molecule has 3 aromatic heterocycles. The van der Waals surface area contributed by atoms with Crippen molar-refractivity contribution in [3.05, 3.63) is 83.4 Å². The zero-order valence-corrected chi connectivity index (χ0v) is 30.0. The van der Waals surface area contributed by atoms with Gasteiger partial charge in [0.2, 0.25) is 5.95 Å². The number of anilines is 4. The quantitative estimate of drug-likeness (QED) is 0.145. The molecule has 2 aromatic carbocycles. The van der Waals surface area contributed by atoms with Crippen molar-refractivity contribution in [3.63, 3.8) is 0 Å². The number of imidazole rings is 1. The average molecular weight is 719 g/mol. The van der Waals surface area contributed by atoms with Gasteiger partial charge in [-0.25, -0.2) is 31.8 Å². The Morgan fingerprint density at radius 3 is 2.43 bits per heavy atom. The maximum atomic E-state index is 15.6. The van der Waals surface area contributed by atoms with E-state index in [0.29, 0.717) is 42.2 Å². The van der Waals surface area contributed by atoms with Crippen LogP contribution in [-0.4, -0.2) is 64.7 Å². The smallest absolute Gasteiger partial charge is 0.232 e. The molecule has 7 rings (SSSR count). The molecule has 1 saturated heterocycles. The van der Waals surface area contributed by atoms with Crippen LogP contribution in [0.15, 0.2) is 59.9 Å². The fourth-order valence-electron chi connectivity index (χ4n) is 6.44. The van der Waals surface area contributed by atoms with E-state index in [2.05, 4.69) is 4.98 Å². The Bertz CT molecular complexity index is 2180. The van der Waals surface area contributed by atoms with Crippen LogP contribution in [0.25, 0.3) is 11.4 Å². The number of rotatable bonds is 11. The highest BCUT2D eigenvalue weighted by Gasteiger charge is 2.36. The molecule has 5 aromatic rings. The van der Waals surface area contributed by atoms with Gasteiger partial charge in [-0.1, -0.05) is 12.1 Å². The maximum absolute atomic E-state index is 15.6. The molecule has 12 nitrogen and oxygen atoms in total. The number of nitrogens with zero attached hydrogens (tertiary/aromatic N) is 8. The predicted octanol–water partition coefficient (Wildman–Crippen LogP) is 6.76. The van der Waals surface area contributed by atoms with Crippen molar-refractivity contribution < 1.29 is 26.7 Å². The first-order valence-corrected chi connectivity index (χ1v) is 18.7. The Labute approximate surface area is 295 Å². The second-order valence-corrected chi connectivity index (χ2v) is 15.2. The first-order chi connectivity index (χ1) is 24.4. The molecular formula is C36H40F2N8O4S. The van der Waals surface area contributed by atoms with Crippen molar-refractivity contribution in [3.8, 4) is 17.1 Å². The molecule has 0 N–H and O–H groups in total. The van der Waals surface area contributed by atoms with E-state index >= 15 is 8.78 Å². The Morgan fingerprint density at radius 1 is 1.04 bits per heavy atom. The van der Waals surface area contributed by atoms with Crippen molar-refractivity contribution in [2.45, 2.75) is 62.6 Å². The normalized spacial score (nSPS) is 16.3. The zero-order valence-electron chi connectivity index (χ0n) is 29.2. The minimum absolute atomic E-state index is 0.0620. The highest BCUT2D eigenvalue weighted by atomic mass is 32.2. The van der Waals surface area contributed by atoms with Gasteiger partial charge in [-0.2, -0.15) is 10.1 Å². The van der Waals surface area contributed by atoms with Crippen LogP contribution in [0, 0.1) is 18.6 Å². The number of hydrogen-bond donors (Lipinski definition) is 0. The van der Waals surface area contributed by atoms with Crippen LogP contribution in [0.2, 0.25) is 0 Å². The molecule has 1 atom stereocenters. The van der Waals surface area contributed by atoms with E-state index in [1.54, 1.807) is 13.4 Å². The van der Waals surface area contributed by atoms with Crippen LogP contribution in [0.5, 0.6) is 5.75 Å². The summed E-state index contributed by atoms with van der Waals surface area (Å²) < 4.78 is 70.4. The van der Waals surface area contributed by atoms with Crippen LogP contribution < -0.4 is 14.5 Å². The summed E-state index contributed by atoms with van der Waals surface area (Å²) in [6, 6.07) is 11.3. The second-order valence-electron chi connectivity index (χ2n) is 13.2. The average Bonchev–Trinajstić information content (AvgIpc) is 3.75. The van der Waals surface area contributed by atoms with Gasteiger partial charge < -0.3 is 23.8 Å². The number of ether oxygens (including phenoxy) is 2. The Balaban J connectivity index is 1.44. The van der Waals surface area contributed by atoms with Crippen molar-refractivity contribution in [1.82, 2.24) is 29.3 Å². The van der Waals surface area contributed by atoms with E-state index in [0.717, 1.165) is 67.0 Å². The summed E-state index contributed by atoms with van der Waals surface area (Å²) in [7, 11) is 0.987. The summed E-state index contributed by atoms with van der Waals surface area (Å²) in [6.45, 7) is 3.02. The van der Waals surface area contributed by atoms with Crippen molar-refractivity contribution in [2.24, 2.45) is 7.05 Å². The lowest BCUT2D eigenvalue weighted by atomic mass is 10.1. The molecule has 0 spiro atoms. The number of methoxy groups -OCH3 is 1. The topological polar surface area (TPSA) is 120 Å². The largest absolute Gasteiger partial charge is 0.497 e. The summed E-state index contributed by atoms with van der Waals surface area (Å²) in [5.41, 5.74) is 3.68. The number of aryl methyl sites for hydroxylation is 2. The van der Waals surface area contributed by atoms with Crippen LogP contribution in [-0.2, 0) is 28.2 Å². The predicted molar refractivity (Wildman–Crippen MR) is 188 cm³/mol. The van der Waals surface area contributed by atoms with E-state index in [1.807, 2.05) is 64.6 Å². The summed E-state index contributed by atoms with van der Waals surface area (Å²) in [5.74, 6) is 0.0783. The van der Waals surface area contributed by atoms with Gasteiger partial charge in [-0.3, -0.25) is 0 Å². The minimum atomic E-state index is -4.01. The monoisotopic (exact) mass is 718 g/mol. The molecule has 0 amide bonds. The standard InChI is InChI=1S/C36H40F2N8O4S/c1-22-16-31(42-46(22)32-8-6-7-15-50-32)45(19-23-9-13-25(49-4)14-10-23)35-33(24-11-12-24)34(28-20-43(2)21-39-28)40-36(41-35)44(3)29-17-27(38)30(18-26(29)37)51(5,47)48/h9-10,13-14,16-18,20-21,24,32H,6-8,11-12,15,19H2,1-5H3. The third-order valence-corrected chi connectivity index (χ3v) is 10.4. The summed E-state index contributed by atoms with van der Waals surface area (Å²) >= 11 is 0. The van der Waals surface area contributed by atoms with Gasteiger partial charge in [0.1, 0.15) is 39.5 Å². The van der Waals surface area contributed by atoms with Gasteiger partial charge in [0.25, 0.3) is 0 Å². The van der Waals surface area contributed by atoms with Crippen LogP contribution in [0.1, 0.15) is 61.1 Å². The summed E-state index contributed by atoms with van der Waals surface area (Å²) in [5, 5.41) is 5.09. The molecule has 1 unspecified atom stereocenters. The van der Waals surface area contributed by atoms with Crippen LogP contribution >= 0.6 is 0 Å². The van der Waals surface area contributed by atoms with Gasteiger partial charge in [0.15, 0.2) is 21.9 Å². The summed E-state index contributed by atoms with van der Waals surface area (Å²) in [4.78, 5) is 17.3. The zero-order chi connectivity index (χ0) is 36.0. The molecule has 1 aliphatic heterocycles. The lowest BCUT2D eigenvalue weighted by Gasteiger charge is -2.28. The molecule has 15 heteroatoms. The molecule has 1 saturated carbocycles. The third-order valence-electron chi connectivity index (χ3n) is 9.28. The first kappa shape index (κ1) is 34.6. The highest BCUT2D eigenvalue weighted by Crippen LogP contribution is 2.49. The number of hydrogen-bond acceptors (Lipinski definition) is 10. The van der Waals surface area contributed by atoms with Crippen LogP contribution in [0.4, 0.5) is 32.1 Å². The number of sulfone groups is 1. The van der Waals surface area contributed by atoms with Gasteiger partial charge in [0.05, 0.1) is 25.7 Å².